The first-order valence-electron chi connectivity index (χ1n) is 12.5. The molecule has 1 aromatic heterocycles. The number of rotatable bonds is 7. The van der Waals surface area contributed by atoms with Gasteiger partial charge in [0.2, 0.25) is 5.88 Å². The molecule has 5 rings (SSSR count). The number of hydrogen-bond acceptors (Lipinski definition) is 4. The zero-order chi connectivity index (χ0) is 26.6. The summed E-state index contributed by atoms with van der Waals surface area (Å²) in [6.45, 7) is 5.19. The molecule has 1 aliphatic heterocycles. The van der Waals surface area contributed by atoms with Gasteiger partial charge in [0, 0.05) is 24.7 Å². The van der Waals surface area contributed by atoms with E-state index in [0.29, 0.717) is 42.5 Å². The maximum absolute atomic E-state index is 14.1. The number of nitrogens with zero attached hydrogens (tertiary/aromatic N) is 3. The number of hydrogen-bond donors (Lipinski definition) is 2. The number of carbonyl (C=O) groups excluding carboxylic acids is 1. The second-order valence-corrected chi connectivity index (χ2v) is 9.18. The summed E-state index contributed by atoms with van der Waals surface area (Å²) in [6, 6.07) is 22.4. The van der Waals surface area contributed by atoms with E-state index in [1.165, 1.54) is 6.07 Å². The zero-order valence-corrected chi connectivity index (χ0v) is 21.2. The van der Waals surface area contributed by atoms with Crippen LogP contribution in [-0.4, -0.2) is 41.5 Å². The number of ether oxygens (including phenoxy) is 1. The van der Waals surface area contributed by atoms with Gasteiger partial charge in [0.1, 0.15) is 5.82 Å². The van der Waals surface area contributed by atoms with Crippen LogP contribution in [0, 0.1) is 18.6 Å². The largest absolute Gasteiger partial charge is 0.477 e. The average molecular weight is 518 g/mol. The van der Waals surface area contributed by atoms with Gasteiger partial charge in [-0.15, -0.1) is 5.10 Å². The van der Waals surface area contributed by atoms with Crippen molar-refractivity contribution < 1.29 is 18.3 Å². The van der Waals surface area contributed by atoms with E-state index in [1.807, 2.05) is 74.5 Å². The van der Waals surface area contributed by atoms with Gasteiger partial charge >= 0.3 is 6.03 Å². The van der Waals surface area contributed by atoms with E-state index in [9.17, 15) is 13.6 Å². The number of aromatic nitrogens is 2. The normalized spacial score (nSPS) is 16.9. The van der Waals surface area contributed by atoms with Crippen LogP contribution >= 0.6 is 0 Å². The minimum atomic E-state index is -0.908. The fourth-order valence-corrected chi connectivity index (χ4v) is 4.85. The number of carbonyl (C=O) groups is 1. The topological polar surface area (TPSA) is 71.4 Å². The first kappa shape index (κ1) is 25.3. The Balaban J connectivity index is 1.41. The second kappa shape index (κ2) is 10.9. The van der Waals surface area contributed by atoms with Gasteiger partial charge in [0.05, 0.1) is 23.9 Å². The third-order valence-corrected chi connectivity index (χ3v) is 6.72. The summed E-state index contributed by atoms with van der Waals surface area (Å²) in [5, 5.41) is 10.6. The van der Waals surface area contributed by atoms with Crippen molar-refractivity contribution in [1.29, 1.82) is 0 Å². The molecule has 2 heterocycles. The van der Waals surface area contributed by atoms with E-state index in [-0.39, 0.29) is 12.0 Å². The summed E-state index contributed by atoms with van der Waals surface area (Å²) in [7, 11) is 0. The molecule has 2 N–H and O–H groups in total. The predicted molar refractivity (Wildman–Crippen MR) is 143 cm³/mol. The Morgan fingerprint density at radius 2 is 1.66 bits per heavy atom. The molecule has 1 aliphatic rings. The fourth-order valence-electron chi connectivity index (χ4n) is 4.85. The molecule has 0 spiro atoms. The van der Waals surface area contributed by atoms with Gasteiger partial charge in [0.25, 0.3) is 0 Å². The highest BCUT2D eigenvalue weighted by molar-refractivity contribution is 5.90. The highest BCUT2D eigenvalue weighted by atomic mass is 19.2. The molecule has 1 fully saturated rings. The molecule has 2 unspecified atom stereocenters. The molecule has 38 heavy (non-hydrogen) atoms. The van der Waals surface area contributed by atoms with Gasteiger partial charge in [-0.2, -0.15) is 0 Å². The molecule has 196 valence electrons. The fraction of sp³-hybridized carbons (Fsp3) is 0.241. The van der Waals surface area contributed by atoms with Crippen molar-refractivity contribution in [2.45, 2.75) is 25.8 Å². The Morgan fingerprint density at radius 1 is 0.974 bits per heavy atom. The van der Waals surface area contributed by atoms with Gasteiger partial charge in [-0.05, 0) is 55.8 Å². The van der Waals surface area contributed by atoms with Crippen LogP contribution in [0.5, 0.6) is 5.88 Å². The predicted octanol–water partition coefficient (Wildman–Crippen LogP) is 5.65. The maximum atomic E-state index is 14.1. The van der Waals surface area contributed by atoms with Crippen LogP contribution in [0.25, 0.3) is 5.69 Å². The number of benzene rings is 3. The van der Waals surface area contributed by atoms with Crippen molar-refractivity contribution in [3.05, 3.63) is 102 Å². The smallest absolute Gasteiger partial charge is 0.320 e. The van der Waals surface area contributed by atoms with Crippen molar-refractivity contribution >= 4 is 17.5 Å². The molecule has 7 nitrogen and oxygen atoms in total. The lowest BCUT2D eigenvalue weighted by Crippen LogP contribution is -2.42. The summed E-state index contributed by atoms with van der Waals surface area (Å²) in [4.78, 5) is 15.5. The Labute approximate surface area is 220 Å². The molecule has 3 aromatic carbocycles. The van der Waals surface area contributed by atoms with Crippen molar-refractivity contribution in [3.8, 4) is 11.6 Å². The summed E-state index contributed by atoms with van der Waals surface area (Å²) >= 11 is 0. The Hall–Kier alpha value is -4.40. The minimum Gasteiger partial charge on any atom is -0.477 e. The van der Waals surface area contributed by atoms with E-state index in [2.05, 4.69) is 20.6 Å². The third kappa shape index (κ3) is 5.18. The van der Waals surface area contributed by atoms with Crippen LogP contribution in [-0.2, 0) is 0 Å². The van der Waals surface area contributed by atoms with Crippen LogP contribution in [0.3, 0.4) is 0 Å². The van der Waals surface area contributed by atoms with Gasteiger partial charge in [-0.3, -0.25) is 5.32 Å². The van der Waals surface area contributed by atoms with Crippen molar-refractivity contribution in [2.24, 2.45) is 0 Å². The van der Waals surface area contributed by atoms with Crippen LogP contribution in [0.1, 0.15) is 24.0 Å². The van der Waals surface area contributed by atoms with Gasteiger partial charge in [-0.1, -0.05) is 42.5 Å². The molecule has 0 bridgehead atoms. The van der Waals surface area contributed by atoms with Gasteiger partial charge < -0.3 is 15.0 Å². The quantitative estimate of drug-likeness (QED) is 0.332. The number of halogens is 2. The van der Waals surface area contributed by atoms with Crippen molar-refractivity contribution in [2.75, 3.05) is 29.9 Å². The third-order valence-electron chi connectivity index (χ3n) is 6.72. The highest BCUT2D eigenvalue weighted by Gasteiger charge is 2.36. The molecule has 2 amide bonds. The molecule has 1 saturated heterocycles. The number of amides is 2. The Morgan fingerprint density at radius 3 is 2.32 bits per heavy atom. The molecular weight excluding hydrogens is 488 g/mol. The van der Waals surface area contributed by atoms with E-state index >= 15 is 0 Å². The molecule has 0 radical (unpaired) electrons. The first-order valence-corrected chi connectivity index (χ1v) is 12.5. The minimum absolute atomic E-state index is 0.254. The standard InChI is InChI=1S/C29H29F2N5O2/c1-3-38-28-19(2)27(36(34-28)22-12-8-5-9-13-22)33-29(37)32-26-18-35(21-10-6-4-7-11-21)17-23(26)20-14-15-24(30)25(31)16-20/h4-16,23,26H,3,17-18H2,1-2H3,(H2,32,33,37). The molecule has 2 atom stereocenters. The Kier molecular flexibility index (Phi) is 7.26. The first-order chi connectivity index (χ1) is 18.4. The lowest BCUT2D eigenvalue weighted by molar-refractivity contribution is 0.248. The molecule has 0 aliphatic carbocycles. The zero-order valence-electron chi connectivity index (χ0n) is 21.2. The van der Waals surface area contributed by atoms with E-state index in [0.717, 1.165) is 17.4 Å². The summed E-state index contributed by atoms with van der Waals surface area (Å²) in [5.74, 6) is -1.14. The summed E-state index contributed by atoms with van der Waals surface area (Å²) in [5.41, 5.74) is 3.08. The maximum Gasteiger partial charge on any atom is 0.320 e. The van der Waals surface area contributed by atoms with Gasteiger partial charge in [-0.25, -0.2) is 18.3 Å². The van der Waals surface area contributed by atoms with Crippen LogP contribution < -0.4 is 20.3 Å². The monoisotopic (exact) mass is 517 g/mol. The van der Waals surface area contributed by atoms with Crippen LogP contribution in [0.4, 0.5) is 25.1 Å². The molecule has 4 aromatic rings. The summed E-state index contributed by atoms with van der Waals surface area (Å²) < 4.78 is 35.1. The second-order valence-electron chi connectivity index (χ2n) is 9.18. The number of nitrogens with one attached hydrogen (secondary N) is 2. The number of urea groups is 1. The van der Waals surface area contributed by atoms with Crippen LogP contribution in [0.2, 0.25) is 0 Å². The highest BCUT2D eigenvalue weighted by Crippen LogP contribution is 2.33. The SMILES string of the molecule is CCOc1nn(-c2ccccc2)c(NC(=O)NC2CN(c3ccccc3)CC2c2ccc(F)c(F)c2)c1C. The summed E-state index contributed by atoms with van der Waals surface area (Å²) in [6.07, 6.45) is 0. The van der Waals surface area contributed by atoms with E-state index in [1.54, 1.807) is 10.7 Å². The van der Waals surface area contributed by atoms with Gasteiger partial charge in [0.15, 0.2) is 11.6 Å². The van der Waals surface area contributed by atoms with E-state index in [4.69, 9.17) is 4.74 Å². The van der Waals surface area contributed by atoms with Crippen LogP contribution in [0.15, 0.2) is 78.9 Å². The van der Waals surface area contributed by atoms with E-state index < -0.39 is 17.7 Å². The van der Waals surface area contributed by atoms with Crippen molar-refractivity contribution in [1.82, 2.24) is 15.1 Å². The number of para-hydroxylation sites is 2. The lowest BCUT2D eigenvalue weighted by Gasteiger charge is -2.21. The number of anilines is 2. The van der Waals surface area contributed by atoms with Crippen molar-refractivity contribution in [3.63, 3.8) is 0 Å². The molecule has 0 saturated carbocycles. The lowest BCUT2D eigenvalue weighted by atomic mass is 9.94. The molecular formula is C29H29F2N5O2. The molecule has 9 heteroatoms. The average Bonchev–Trinajstić information content (AvgIpc) is 3.48. The Bertz CT molecular complexity index is 1410.